The maximum atomic E-state index is 13.9. The zero-order chi connectivity index (χ0) is 34.3. The summed E-state index contributed by atoms with van der Waals surface area (Å²) in [5.74, 6) is 0.647. The van der Waals surface area contributed by atoms with Crippen molar-refractivity contribution in [2.75, 3.05) is 6.54 Å². The molecule has 1 aliphatic rings. The van der Waals surface area contributed by atoms with Crippen LogP contribution in [0.4, 0.5) is 13.2 Å². The summed E-state index contributed by atoms with van der Waals surface area (Å²) in [4.78, 5) is 24.2. The molecule has 1 fully saturated rings. The second-order valence-electron chi connectivity index (χ2n) is 12.4. The first kappa shape index (κ1) is 35.2. The number of carbonyl (C=O) groups excluding carboxylic acids is 1. The number of halogens is 3. The Balaban J connectivity index is 1.40. The highest BCUT2D eigenvalue weighted by Crippen LogP contribution is 2.31. The van der Waals surface area contributed by atoms with E-state index in [0.717, 1.165) is 30.5 Å². The summed E-state index contributed by atoms with van der Waals surface area (Å²) in [6.07, 6.45) is 0.529. The van der Waals surface area contributed by atoms with Gasteiger partial charge in [0.25, 0.3) is 0 Å². The summed E-state index contributed by atoms with van der Waals surface area (Å²) < 4.78 is 50.7. The molecule has 12 heteroatoms. The molecule has 3 aromatic rings. The van der Waals surface area contributed by atoms with Crippen LogP contribution in [0.2, 0.25) is 0 Å². The van der Waals surface area contributed by atoms with Gasteiger partial charge in [-0.15, -0.1) is 0 Å². The van der Waals surface area contributed by atoms with Crippen molar-refractivity contribution in [3.63, 3.8) is 0 Å². The highest BCUT2D eigenvalue weighted by Gasteiger charge is 2.37. The molecule has 3 heterocycles. The van der Waals surface area contributed by atoms with E-state index < -0.39 is 17.8 Å². The fourth-order valence-electron chi connectivity index (χ4n) is 5.53. The quantitative estimate of drug-likeness (QED) is 0.179. The molecule has 47 heavy (non-hydrogen) atoms. The number of nitrogens with one attached hydrogen (secondary N) is 2. The van der Waals surface area contributed by atoms with Crippen LogP contribution in [0.5, 0.6) is 0 Å². The van der Waals surface area contributed by atoms with Gasteiger partial charge in [-0.25, -0.2) is 0 Å². The number of hydrogen-bond donors (Lipinski definition) is 2. The number of likely N-dealkylation sites (tertiary alicyclic amines) is 1. The van der Waals surface area contributed by atoms with Crippen molar-refractivity contribution in [2.45, 2.75) is 77.9 Å². The molecule has 1 amide bonds. The molecule has 0 spiro atoms. The van der Waals surface area contributed by atoms with Gasteiger partial charge in [0.05, 0.1) is 24.1 Å². The van der Waals surface area contributed by atoms with Gasteiger partial charge in [-0.05, 0) is 60.6 Å². The molecule has 1 aromatic carbocycles. The fraction of sp³-hybridized carbons (Fsp3) is 0.429. The Bertz CT molecular complexity index is 1550. The Labute approximate surface area is 274 Å². The van der Waals surface area contributed by atoms with Crippen molar-refractivity contribution < 1.29 is 27.2 Å². The number of amides is 1. The van der Waals surface area contributed by atoms with E-state index in [1.54, 1.807) is 18.5 Å². The number of pyridine rings is 1. The first-order chi connectivity index (χ1) is 22.2. The van der Waals surface area contributed by atoms with E-state index in [9.17, 15) is 18.0 Å². The first-order valence-corrected chi connectivity index (χ1v) is 15.7. The average molecular weight is 653 g/mol. The number of rotatable bonds is 15. The largest absolute Gasteiger partial charge is 0.475 e. The van der Waals surface area contributed by atoms with Gasteiger partial charge < -0.3 is 24.8 Å². The van der Waals surface area contributed by atoms with Crippen LogP contribution < -0.4 is 10.6 Å². The lowest BCUT2D eigenvalue weighted by molar-refractivity contribution is -0.137. The Kier molecular flexibility index (Phi) is 11.5. The lowest BCUT2D eigenvalue weighted by Gasteiger charge is -2.35. The number of hydrogen-bond acceptors (Lipinski definition) is 8. The molecule has 3 unspecified atom stereocenters. The summed E-state index contributed by atoms with van der Waals surface area (Å²) in [6.45, 7) is 21.3. The third kappa shape index (κ3) is 9.24. The van der Waals surface area contributed by atoms with Gasteiger partial charge in [0, 0.05) is 30.2 Å². The van der Waals surface area contributed by atoms with Crippen LogP contribution in [0, 0.1) is 11.8 Å². The van der Waals surface area contributed by atoms with Crippen molar-refractivity contribution in [1.29, 1.82) is 0 Å². The van der Waals surface area contributed by atoms with Gasteiger partial charge in [0.2, 0.25) is 11.8 Å². The van der Waals surface area contributed by atoms with Crippen LogP contribution in [0.25, 0.3) is 5.57 Å². The zero-order valence-corrected chi connectivity index (χ0v) is 27.3. The number of alkyl halides is 3. The summed E-state index contributed by atoms with van der Waals surface area (Å²) in [5.41, 5.74) is 1.80. The van der Waals surface area contributed by atoms with Gasteiger partial charge in [-0.1, -0.05) is 64.2 Å². The lowest BCUT2D eigenvalue weighted by atomic mass is 9.95. The minimum atomic E-state index is -4.45. The maximum Gasteiger partial charge on any atom is 0.416 e. The smallest absolute Gasteiger partial charge is 0.416 e. The predicted molar refractivity (Wildman–Crippen MR) is 173 cm³/mol. The van der Waals surface area contributed by atoms with E-state index in [-0.39, 0.29) is 48.0 Å². The van der Waals surface area contributed by atoms with Crippen molar-refractivity contribution in [3.05, 3.63) is 109 Å². The average Bonchev–Trinajstić information content (AvgIpc) is 3.71. The molecular formula is C35H43F3N6O3. The molecule has 9 nitrogen and oxygen atoms in total. The van der Waals surface area contributed by atoms with Crippen molar-refractivity contribution in [1.82, 2.24) is 30.7 Å². The summed E-state index contributed by atoms with van der Waals surface area (Å²) in [7, 11) is 0. The number of carbonyl (C=O) groups is 1. The maximum absolute atomic E-state index is 13.9. The normalized spacial score (nSPS) is 16.2. The molecule has 2 N–H and O–H groups in total. The molecule has 1 saturated heterocycles. The minimum Gasteiger partial charge on any atom is -0.475 e. The zero-order valence-electron chi connectivity index (χ0n) is 27.3. The van der Waals surface area contributed by atoms with Gasteiger partial charge in [-0.2, -0.15) is 18.2 Å². The molecule has 4 rings (SSSR count). The van der Waals surface area contributed by atoms with Crippen LogP contribution in [0.3, 0.4) is 0 Å². The van der Waals surface area contributed by atoms with Crippen LogP contribution in [-0.4, -0.2) is 50.6 Å². The third-order valence-corrected chi connectivity index (χ3v) is 8.10. The van der Waals surface area contributed by atoms with E-state index in [4.69, 9.17) is 9.26 Å². The van der Waals surface area contributed by atoms with Crippen molar-refractivity contribution >= 4 is 11.5 Å². The molecular weight excluding hydrogens is 609 g/mol. The van der Waals surface area contributed by atoms with Gasteiger partial charge in [0.15, 0.2) is 11.7 Å². The standard InChI is InChI=1S/C35H43F3N6O3/c1-21(2)31(23(5)33-42-30(47-43-33)19-27-10-8-11-28(18-27)35(36,37)38)40-24(6)29-12-9-17-44(29)34(45)32(22(3)4)41-25(7)46-20-26-13-15-39-16-14-26/h8,10-11,13-16,18,21-22,29,31-32,40-41H,5-7,9,12,17,19-20H2,1-4H3. The van der Waals surface area contributed by atoms with Gasteiger partial charge >= 0.3 is 6.18 Å². The van der Waals surface area contributed by atoms with E-state index in [1.165, 1.54) is 6.07 Å². The van der Waals surface area contributed by atoms with Crippen LogP contribution in [-0.2, 0) is 28.7 Å². The van der Waals surface area contributed by atoms with E-state index in [2.05, 4.69) is 45.5 Å². The van der Waals surface area contributed by atoms with Crippen LogP contribution in [0.1, 0.15) is 68.9 Å². The molecule has 2 aromatic heterocycles. The Hall–Kier alpha value is -4.61. The van der Waals surface area contributed by atoms with E-state index >= 15 is 0 Å². The third-order valence-electron chi connectivity index (χ3n) is 8.10. The van der Waals surface area contributed by atoms with Crippen LogP contribution in [0.15, 0.2) is 84.6 Å². The Morgan fingerprint density at radius 3 is 2.40 bits per heavy atom. The number of aromatic nitrogens is 3. The molecule has 0 aliphatic carbocycles. The van der Waals surface area contributed by atoms with Crippen molar-refractivity contribution in [3.8, 4) is 0 Å². The topological polar surface area (TPSA) is 105 Å². The number of benzene rings is 1. The van der Waals surface area contributed by atoms with Gasteiger partial charge in [-0.3, -0.25) is 9.78 Å². The van der Waals surface area contributed by atoms with Crippen LogP contribution >= 0.6 is 0 Å². The number of ether oxygens (including phenoxy) is 1. The molecule has 3 atom stereocenters. The highest BCUT2D eigenvalue weighted by atomic mass is 19.4. The second kappa shape index (κ2) is 15.3. The summed E-state index contributed by atoms with van der Waals surface area (Å²) in [5, 5.41) is 10.7. The lowest BCUT2D eigenvalue weighted by Crippen LogP contribution is -2.52. The second-order valence-corrected chi connectivity index (χ2v) is 12.4. The predicted octanol–water partition coefficient (Wildman–Crippen LogP) is 6.51. The van der Waals surface area contributed by atoms with Crippen molar-refractivity contribution in [2.24, 2.45) is 11.8 Å². The van der Waals surface area contributed by atoms with E-state index in [0.29, 0.717) is 35.9 Å². The number of nitrogens with zero attached hydrogens (tertiary/aromatic N) is 4. The monoisotopic (exact) mass is 652 g/mol. The molecule has 0 saturated carbocycles. The first-order valence-electron chi connectivity index (χ1n) is 15.7. The minimum absolute atomic E-state index is 0.0289. The molecule has 0 radical (unpaired) electrons. The summed E-state index contributed by atoms with van der Waals surface area (Å²) in [6, 6.07) is 7.56. The Morgan fingerprint density at radius 2 is 1.74 bits per heavy atom. The van der Waals surface area contributed by atoms with Gasteiger partial charge in [0.1, 0.15) is 12.6 Å². The molecule has 1 aliphatic heterocycles. The molecule has 252 valence electrons. The SMILES string of the molecule is C=C(NC(C(=O)N1CCCC1C(=C)NC(C(=C)c1noc(Cc2cccc(C(F)(F)F)c2)n1)C(C)C)C(C)C)OCc1ccncc1. The summed E-state index contributed by atoms with van der Waals surface area (Å²) >= 11 is 0. The Morgan fingerprint density at radius 1 is 1.04 bits per heavy atom. The fourth-order valence-corrected chi connectivity index (χ4v) is 5.53. The highest BCUT2D eigenvalue weighted by molar-refractivity contribution is 5.83. The molecule has 0 bridgehead atoms. The van der Waals surface area contributed by atoms with E-state index in [1.807, 2.05) is 44.7 Å².